The van der Waals surface area contributed by atoms with Crippen LogP contribution in [0.3, 0.4) is 0 Å². The molecule has 1 heterocycles. The first-order valence-corrected chi connectivity index (χ1v) is 12.2. The molecule has 8 heteroatoms. The van der Waals surface area contributed by atoms with Gasteiger partial charge in [-0.3, -0.25) is 19.3 Å². The van der Waals surface area contributed by atoms with Gasteiger partial charge < -0.3 is 14.8 Å². The highest BCUT2D eigenvalue weighted by atomic mass is 32.2. The predicted molar refractivity (Wildman–Crippen MR) is 141 cm³/mol. The van der Waals surface area contributed by atoms with E-state index in [1.54, 1.807) is 30.3 Å². The minimum absolute atomic E-state index is 0.147. The normalized spacial score (nSPS) is 14.3. The maximum absolute atomic E-state index is 12.9. The van der Waals surface area contributed by atoms with Gasteiger partial charge in [0.2, 0.25) is 0 Å². The zero-order valence-electron chi connectivity index (χ0n) is 20.0. The molecule has 0 saturated carbocycles. The first-order valence-electron chi connectivity index (χ1n) is 11.4. The Bertz CT molecular complexity index is 1310. The Morgan fingerprint density at radius 3 is 2.47 bits per heavy atom. The average Bonchev–Trinajstić information content (AvgIpc) is 3.14. The van der Waals surface area contributed by atoms with Gasteiger partial charge in [-0.05, 0) is 73.1 Å². The largest absolute Gasteiger partial charge is 0.492 e. The molecule has 0 spiro atoms. The molecule has 184 valence electrons. The summed E-state index contributed by atoms with van der Waals surface area (Å²) in [5.74, 6) is 0.426. The van der Waals surface area contributed by atoms with Crippen LogP contribution in [0.1, 0.15) is 16.7 Å². The molecule has 3 amide bonds. The lowest BCUT2D eigenvalue weighted by Gasteiger charge is -2.13. The molecule has 1 fully saturated rings. The fourth-order valence-electron chi connectivity index (χ4n) is 3.50. The van der Waals surface area contributed by atoms with Crippen LogP contribution in [0.2, 0.25) is 0 Å². The van der Waals surface area contributed by atoms with Crippen LogP contribution in [0, 0.1) is 13.8 Å². The van der Waals surface area contributed by atoms with Crippen LogP contribution in [-0.2, 0) is 9.59 Å². The highest BCUT2D eigenvalue weighted by Gasteiger charge is 2.35. The van der Waals surface area contributed by atoms with Crippen LogP contribution >= 0.6 is 11.8 Å². The van der Waals surface area contributed by atoms with Crippen LogP contribution in [0.15, 0.2) is 77.7 Å². The number of rotatable bonds is 9. The van der Waals surface area contributed by atoms with Crippen molar-refractivity contribution in [3.05, 3.63) is 94.4 Å². The van der Waals surface area contributed by atoms with Crippen molar-refractivity contribution >= 4 is 40.6 Å². The number of anilines is 1. The summed E-state index contributed by atoms with van der Waals surface area (Å²) in [6.45, 7) is 4.14. The Balaban J connectivity index is 1.37. The summed E-state index contributed by atoms with van der Waals surface area (Å²) >= 11 is 0.868. The van der Waals surface area contributed by atoms with Crippen LogP contribution in [0.5, 0.6) is 11.5 Å². The molecule has 7 nitrogen and oxygen atoms in total. The van der Waals surface area contributed by atoms with Crippen LogP contribution in [0.4, 0.5) is 10.5 Å². The van der Waals surface area contributed by atoms with Crippen molar-refractivity contribution in [2.45, 2.75) is 13.8 Å². The molecule has 0 aromatic heterocycles. The molecule has 0 bridgehead atoms. The van der Waals surface area contributed by atoms with E-state index in [-0.39, 0.29) is 41.7 Å². The molecule has 0 radical (unpaired) electrons. The Kier molecular flexibility index (Phi) is 8.07. The number of hydrogen-bond acceptors (Lipinski definition) is 6. The second-order valence-corrected chi connectivity index (χ2v) is 9.16. The number of nitrogens with one attached hydrogen (secondary N) is 1. The first kappa shape index (κ1) is 25.1. The number of ether oxygens (including phenoxy) is 2. The average molecular weight is 503 g/mol. The maximum Gasteiger partial charge on any atom is 0.293 e. The lowest BCUT2D eigenvalue weighted by Crippen LogP contribution is -2.32. The van der Waals surface area contributed by atoms with E-state index in [2.05, 4.69) is 5.32 Å². The number of imide groups is 1. The zero-order chi connectivity index (χ0) is 25.5. The van der Waals surface area contributed by atoms with E-state index in [4.69, 9.17) is 9.47 Å². The molecule has 1 aliphatic heterocycles. The number of thioether (sulfide) groups is 1. The summed E-state index contributed by atoms with van der Waals surface area (Å²) in [4.78, 5) is 39.1. The Hall–Kier alpha value is -4.04. The smallest absolute Gasteiger partial charge is 0.293 e. The second-order valence-electron chi connectivity index (χ2n) is 8.17. The summed E-state index contributed by atoms with van der Waals surface area (Å²) in [5.41, 5.74) is 3.53. The van der Waals surface area contributed by atoms with Crippen LogP contribution < -0.4 is 14.8 Å². The lowest BCUT2D eigenvalue weighted by atomic mass is 10.1. The van der Waals surface area contributed by atoms with Gasteiger partial charge in [-0.2, -0.15) is 0 Å². The van der Waals surface area contributed by atoms with E-state index in [9.17, 15) is 14.4 Å². The Morgan fingerprint density at radius 1 is 0.944 bits per heavy atom. The number of benzene rings is 3. The summed E-state index contributed by atoms with van der Waals surface area (Å²) < 4.78 is 11.4. The minimum atomic E-state index is -0.385. The van der Waals surface area contributed by atoms with E-state index in [1.807, 2.05) is 62.4 Å². The molecule has 4 rings (SSSR count). The highest BCUT2D eigenvalue weighted by molar-refractivity contribution is 8.18. The molecule has 0 aliphatic carbocycles. The van der Waals surface area contributed by atoms with Crippen molar-refractivity contribution in [1.29, 1.82) is 0 Å². The van der Waals surface area contributed by atoms with Gasteiger partial charge >= 0.3 is 0 Å². The maximum atomic E-state index is 12.9. The van der Waals surface area contributed by atoms with Gasteiger partial charge in [0.25, 0.3) is 17.1 Å². The van der Waals surface area contributed by atoms with Gasteiger partial charge in [0.1, 0.15) is 18.1 Å². The molecule has 0 unspecified atom stereocenters. The standard InChI is InChI=1S/C28H26N2O5S/c1-19-12-13-22(16-20(19)2)29-26(31)18-35-24-11-7-6-8-21(24)17-25-27(32)30(28(33)36-25)14-15-34-23-9-4-3-5-10-23/h3-13,16-17H,14-15,18H2,1-2H3,(H,29,31)/b25-17-. The van der Waals surface area contributed by atoms with Gasteiger partial charge in [0.05, 0.1) is 11.4 Å². The summed E-state index contributed by atoms with van der Waals surface area (Å²) in [7, 11) is 0. The first-order chi connectivity index (χ1) is 17.4. The minimum Gasteiger partial charge on any atom is -0.492 e. The number of carbonyl (C=O) groups is 3. The van der Waals surface area contributed by atoms with Crippen molar-refractivity contribution in [2.75, 3.05) is 25.1 Å². The molecule has 1 saturated heterocycles. The number of hydrogen-bond donors (Lipinski definition) is 1. The van der Waals surface area contributed by atoms with Crippen molar-refractivity contribution in [3.8, 4) is 11.5 Å². The Morgan fingerprint density at radius 2 is 1.69 bits per heavy atom. The van der Waals surface area contributed by atoms with Crippen molar-refractivity contribution in [2.24, 2.45) is 0 Å². The third-order valence-corrected chi connectivity index (χ3v) is 6.46. The molecule has 1 N–H and O–H groups in total. The van der Waals surface area contributed by atoms with Gasteiger partial charge in [-0.25, -0.2) is 0 Å². The summed E-state index contributed by atoms with van der Waals surface area (Å²) in [6.07, 6.45) is 1.61. The predicted octanol–water partition coefficient (Wildman–Crippen LogP) is 5.44. The van der Waals surface area contributed by atoms with E-state index in [0.717, 1.165) is 22.9 Å². The van der Waals surface area contributed by atoms with Gasteiger partial charge in [-0.15, -0.1) is 0 Å². The van der Waals surface area contributed by atoms with Crippen molar-refractivity contribution in [3.63, 3.8) is 0 Å². The molecule has 3 aromatic carbocycles. The van der Waals surface area contributed by atoms with Crippen molar-refractivity contribution < 1.29 is 23.9 Å². The molecular weight excluding hydrogens is 476 g/mol. The molecular formula is C28H26N2O5S. The number of para-hydroxylation sites is 2. The van der Waals surface area contributed by atoms with E-state index in [0.29, 0.717) is 22.7 Å². The molecule has 3 aromatic rings. The molecule has 0 atom stereocenters. The third-order valence-electron chi connectivity index (χ3n) is 5.56. The number of nitrogens with zero attached hydrogens (tertiary/aromatic N) is 1. The van der Waals surface area contributed by atoms with E-state index in [1.165, 1.54) is 4.90 Å². The number of carbonyl (C=O) groups excluding carboxylic acids is 3. The summed E-state index contributed by atoms with van der Waals surface area (Å²) in [5, 5.41) is 2.47. The van der Waals surface area contributed by atoms with Gasteiger partial charge in [-0.1, -0.05) is 42.5 Å². The van der Waals surface area contributed by atoms with Crippen molar-refractivity contribution in [1.82, 2.24) is 4.90 Å². The third kappa shape index (κ3) is 6.34. The quantitative estimate of drug-likeness (QED) is 0.393. The van der Waals surface area contributed by atoms with Crippen LogP contribution in [0.25, 0.3) is 6.08 Å². The summed E-state index contributed by atoms with van der Waals surface area (Å²) in [6, 6.07) is 22.0. The fourth-order valence-corrected chi connectivity index (χ4v) is 4.35. The topological polar surface area (TPSA) is 84.9 Å². The van der Waals surface area contributed by atoms with Gasteiger partial charge in [0, 0.05) is 11.3 Å². The Labute approximate surface area is 214 Å². The van der Waals surface area contributed by atoms with Crippen LogP contribution in [-0.4, -0.2) is 41.7 Å². The number of amides is 3. The monoisotopic (exact) mass is 502 g/mol. The molecule has 1 aliphatic rings. The fraction of sp³-hybridized carbons (Fsp3) is 0.179. The highest BCUT2D eigenvalue weighted by Crippen LogP contribution is 2.34. The lowest BCUT2D eigenvalue weighted by molar-refractivity contribution is -0.123. The van der Waals surface area contributed by atoms with Gasteiger partial charge in [0.15, 0.2) is 6.61 Å². The SMILES string of the molecule is Cc1ccc(NC(=O)COc2ccccc2/C=C2\SC(=O)N(CCOc3ccccc3)C2=O)cc1C. The zero-order valence-corrected chi connectivity index (χ0v) is 20.8. The second kappa shape index (κ2) is 11.6. The van der Waals surface area contributed by atoms with E-state index >= 15 is 0 Å². The van der Waals surface area contributed by atoms with E-state index < -0.39 is 0 Å². The number of aryl methyl sites for hydroxylation is 2. The molecule has 36 heavy (non-hydrogen) atoms.